The number of thiophene rings is 1. The van der Waals surface area contributed by atoms with Gasteiger partial charge in [-0.05, 0) is 31.9 Å². The first-order valence-corrected chi connectivity index (χ1v) is 8.56. The molecule has 0 radical (unpaired) electrons. The van der Waals surface area contributed by atoms with Gasteiger partial charge in [0.15, 0.2) is 0 Å². The van der Waals surface area contributed by atoms with Gasteiger partial charge in [0, 0.05) is 10.9 Å². The van der Waals surface area contributed by atoms with Crippen LogP contribution in [0.15, 0.2) is 16.3 Å². The van der Waals surface area contributed by atoms with Crippen LogP contribution in [0, 0.1) is 6.92 Å². The summed E-state index contributed by atoms with van der Waals surface area (Å²) in [4.78, 5) is 0.969. The minimum absolute atomic E-state index is 0.330. The van der Waals surface area contributed by atoms with Crippen LogP contribution in [0.3, 0.4) is 0 Å². The standard InChI is InChI=1S/C12H19NO3S2/c1-9-7-8-12(17-9)18(15,16)13-10-5-3-2-4-6-11(10)14/h7-8,10-11,13-14H,2-6H2,1H3. The third-order valence-corrected chi connectivity index (χ3v) is 6.25. The molecule has 1 aliphatic carbocycles. The molecule has 0 spiro atoms. The van der Waals surface area contributed by atoms with Crippen molar-refractivity contribution in [2.24, 2.45) is 0 Å². The number of rotatable bonds is 3. The quantitative estimate of drug-likeness (QED) is 0.837. The predicted molar refractivity (Wildman–Crippen MR) is 72.3 cm³/mol. The lowest BCUT2D eigenvalue weighted by Crippen LogP contribution is -2.42. The number of nitrogens with one attached hydrogen (secondary N) is 1. The molecule has 0 aromatic carbocycles. The molecule has 1 saturated carbocycles. The molecule has 0 aliphatic heterocycles. The maximum Gasteiger partial charge on any atom is 0.250 e. The van der Waals surface area contributed by atoms with Gasteiger partial charge in [0.05, 0.1) is 6.10 Å². The Morgan fingerprint density at radius 1 is 1.28 bits per heavy atom. The number of hydrogen-bond donors (Lipinski definition) is 2. The summed E-state index contributed by atoms with van der Waals surface area (Å²) in [7, 11) is -3.48. The third-order valence-electron chi connectivity index (χ3n) is 3.27. The molecule has 102 valence electrons. The van der Waals surface area contributed by atoms with E-state index in [-0.39, 0.29) is 6.04 Å². The average molecular weight is 289 g/mol. The van der Waals surface area contributed by atoms with E-state index in [1.807, 2.05) is 6.92 Å². The van der Waals surface area contributed by atoms with Crippen LogP contribution < -0.4 is 4.72 Å². The SMILES string of the molecule is Cc1ccc(S(=O)(=O)NC2CCCCCC2O)s1. The molecule has 1 aromatic heterocycles. The smallest absolute Gasteiger partial charge is 0.250 e. The molecule has 1 fully saturated rings. The van der Waals surface area contributed by atoms with E-state index in [0.29, 0.717) is 17.1 Å². The lowest BCUT2D eigenvalue weighted by atomic mass is 10.1. The minimum atomic E-state index is -3.48. The minimum Gasteiger partial charge on any atom is -0.391 e. The van der Waals surface area contributed by atoms with Gasteiger partial charge in [-0.2, -0.15) is 0 Å². The molecule has 18 heavy (non-hydrogen) atoms. The van der Waals surface area contributed by atoms with E-state index in [4.69, 9.17) is 0 Å². The van der Waals surface area contributed by atoms with Crippen molar-refractivity contribution in [3.63, 3.8) is 0 Å². The van der Waals surface area contributed by atoms with Crippen molar-refractivity contribution >= 4 is 21.4 Å². The van der Waals surface area contributed by atoms with Gasteiger partial charge in [0.25, 0.3) is 0 Å². The normalized spacial score (nSPS) is 25.9. The van der Waals surface area contributed by atoms with Crippen LogP contribution in [-0.2, 0) is 10.0 Å². The van der Waals surface area contributed by atoms with Crippen molar-refractivity contribution < 1.29 is 13.5 Å². The summed E-state index contributed by atoms with van der Waals surface area (Å²) >= 11 is 1.26. The molecule has 0 bridgehead atoms. The van der Waals surface area contributed by atoms with Crippen LogP contribution in [0.1, 0.15) is 37.0 Å². The molecule has 2 unspecified atom stereocenters. The Balaban J connectivity index is 2.11. The van der Waals surface area contributed by atoms with Crippen molar-refractivity contribution in [1.82, 2.24) is 4.72 Å². The summed E-state index contributed by atoms with van der Waals surface area (Å²) in [6.07, 6.45) is 3.82. The van der Waals surface area contributed by atoms with Gasteiger partial charge < -0.3 is 5.11 Å². The molecule has 0 saturated heterocycles. The largest absolute Gasteiger partial charge is 0.391 e. The van der Waals surface area contributed by atoms with E-state index in [0.717, 1.165) is 24.1 Å². The zero-order valence-electron chi connectivity index (χ0n) is 10.4. The Kier molecular flexibility index (Phi) is 4.42. The lowest BCUT2D eigenvalue weighted by Gasteiger charge is -2.21. The van der Waals surface area contributed by atoms with E-state index < -0.39 is 16.1 Å². The second-order valence-electron chi connectivity index (χ2n) is 4.80. The van der Waals surface area contributed by atoms with Crippen LogP contribution in [0.5, 0.6) is 0 Å². The highest BCUT2D eigenvalue weighted by Gasteiger charge is 2.27. The first-order valence-electron chi connectivity index (χ1n) is 6.26. The molecule has 2 N–H and O–H groups in total. The molecule has 2 rings (SSSR count). The number of aryl methyl sites for hydroxylation is 1. The Hall–Kier alpha value is -0.430. The molecule has 1 aliphatic rings. The lowest BCUT2D eigenvalue weighted by molar-refractivity contribution is 0.130. The van der Waals surface area contributed by atoms with Crippen molar-refractivity contribution in [2.45, 2.75) is 55.4 Å². The van der Waals surface area contributed by atoms with Gasteiger partial charge in [0.2, 0.25) is 10.0 Å². The van der Waals surface area contributed by atoms with Gasteiger partial charge in [-0.1, -0.05) is 19.3 Å². The van der Waals surface area contributed by atoms with E-state index in [1.54, 1.807) is 12.1 Å². The third kappa shape index (κ3) is 3.32. The van der Waals surface area contributed by atoms with E-state index in [2.05, 4.69) is 4.72 Å². The topological polar surface area (TPSA) is 66.4 Å². The first-order chi connectivity index (χ1) is 8.49. The number of aliphatic hydroxyl groups excluding tert-OH is 1. The van der Waals surface area contributed by atoms with Crippen molar-refractivity contribution in [1.29, 1.82) is 0 Å². The molecule has 1 aromatic rings. The van der Waals surface area contributed by atoms with Crippen LogP contribution >= 0.6 is 11.3 Å². The van der Waals surface area contributed by atoms with E-state index >= 15 is 0 Å². The van der Waals surface area contributed by atoms with Gasteiger partial charge in [-0.25, -0.2) is 13.1 Å². The molecular formula is C12H19NO3S2. The van der Waals surface area contributed by atoms with Crippen molar-refractivity contribution in [3.8, 4) is 0 Å². The van der Waals surface area contributed by atoms with Gasteiger partial charge in [0.1, 0.15) is 4.21 Å². The fourth-order valence-corrected chi connectivity index (χ4v) is 4.84. The fourth-order valence-electron chi connectivity index (χ4n) is 2.24. The zero-order chi connectivity index (χ0) is 13.2. The molecule has 6 heteroatoms. The Morgan fingerprint density at radius 3 is 2.67 bits per heavy atom. The van der Waals surface area contributed by atoms with Crippen LogP contribution in [0.25, 0.3) is 0 Å². The number of sulfonamides is 1. The maximum absolute atomic E-state index is 12.2. The number of hydrogen-bond acceptors (Lipinski definition) is 4. The second-order valence-corrected chi connectivity index (χ2v) is 8.03. The van der Waals surface area contributed by atoms with Gasteiger partial charge in [-0.15, -0.1) is 11.3 Å². The van der Waals surface area contributed by atoms with Gasteiger partial charge in [-0.3, -0.25) is 0 Å². The first kappa shape index (κ1) is 14.0. The zero-order valence-corrected chi connectivity index (χ0v) is 12.1. The van der Waals surface area contributed by atoms with Crippen LogP contribution in [-0.4, -0.2) is 25.7 Å². The highest BCUT2D eigenvalue weighted by molar-refractivity contribution is 7.91. The summed E-state index contributed by atoms with van der Waals surface area (Å²) in [6.45, 7) is 1.88. The highest BCUT2D eigenvalue weighted by Crippen LogP contribution is 2.23. The Bertz CT molecular complexity index is 495. The summed E-state index contributed by atoms with van der Waals surface area (Å²) in [6, 6.07) is 3.06. The second kappa shape index (κ2) is 5.69. The molecule has 1 heterocycles. The van der Waals surface area contributed by atoms with E-state index in [1.165, 1.54) is 11.3 Å². The Labute approximate surface area is 112 Å². The molecular weight excluding hydrogens is 270 g/mol. The molecule has 0 amide bonds. The van der Waals surface area contributed by atoms with Crippen molar-refractivity contribution in [2.75, 3.05) is 0 Å². The summed E-state index contributed by atoms with van der Waals surface area (Å²) < 4.78 is 27.3. The molecule has 4 nitrogen and oxygen atoms in total. The van der Waals surface area contributed by atoms with Crippen molar-refractivity contribution in [3.05, 3.63) is 17.0 Å². The van der Waals surface area contributed by atoms with Crippen LogP contribution in [0.2, 0.25) is 0 Å². The Morgan fingerprint density at radius 2 is 2.00 bits per heavy atom. The number of aliphatic hydroxyl groups is 1. The summed E-state index contributed by atoms with van der Waals surface area (Å²) in [5.74, 6) is 0. The fraction of sp³-hybridized carbons (Fsp3) is 0.667. The maximum atomic E-state index is 12.2. The van der Waals surface area contributed by atoms with Crippen LogP contribution in [0.4, 0.5) is 0 Å². The van der Waals surface area contributed by atoms with E-state index in [9.17, 15) is 13.5 Å². The predicted octanol–water partition coefficient (Wildman–Crippen LogP) is 2.03. The average Bonchev–Trinajstić information content (AvgIpc) is 2.65. The monoisotopic (exact) mass is 289 g/mol. The summed E-state index contributed by atoms with van der Waals surface area (Å²) in [5.41, 5.74) is 0. The molecule has 2 atom stereocenters. The highest BCUT2D eigenvalue weighted by atomic mass is 32.2. The van der Waals surface area contributed by atoms with Gasteiger partial charge >= 0.3 is 0 Å². The summed E-state index contributed by atoms with van der Waals surface area (Å²) in [5, 5.41) is 9.94.